The molecule has 0 saturated carbocycles. The zero-order valence-electron chi connectivity index (χ0n) is 11.0. The average molecular weight is 229 g/mol. The zero-order valence-corrected chi connectivity index (χ0v) is 11.0. The van der Waals surface area contributed by atoms with Crippen LogP contribution in [0.1, 0.15) is 65.7 Å². The minimum atomic E-state index is -0.383. The Kier molecular flexibility index (Phi) is 9.30. The fourth-order valence-corrected chi connectivity index (χ4v) is 1.73. The van der Waals surface area contributed by atoms with Gasteiger partial charge in [0.25, 0.3) is 0 Å². The summed E-state index contributed by atoms with van der Waals surface area (Å²) in [6.45, 7) is 6.02. The third-order valence-electron chi connectivity index (χ3n) is 2.70. The van der Waals surface area contributed by atoms with Crippen LogP contribution in [0.4, 0.5) is 0 Å². The fraction of sp³-hybridized carbons (Fsp3) is 0.923. The summed E-state index contributed by atoms with van der Waals surface area (Å²) >= 11 is 0. The van der Waals surface area contributed by atoms with E-state index in [1.54, 1.807) is 6.92 Å². The second-order valence-electron chi connectivity index (χ2n) is 4.58. The lowest BCUT2D eigenvalue weighted by atomic mass is 10.0. The Morgan fingerprint density at radius 2 is 1.88 bits per heavy atom. The molecule has 16 heavy (non-hydrogen) atoms. The maximum atomic E-state index is 11.6. The van der Waals surface area contributed by atoms with E-state index in [1.165, 1.54) is 12.8 Å². The van der Waals surface area contributed by atoms with Crippen molar-refractivity contribution in [2.24, 2.45) is 0 Å². The largest absolute Gasteiger partial charge is 0.393 e. The van der Waals surface area contributed by atoms with Crippen molar-refractivity contribution in [3.8, 4) is 0 Å². The van der Waals surface area contributed by atoms with E-state index in [-0.39, 0.29) is 12.0 Å². The minimum absolute atomic E-state index is 0.0791. The van der Waals surface area contributed by atoms with Crippen molar-refractivity contribution in [3.05, 3.63) is 0 Å². The Hall–Kier alpha value is -0.570. The first-order chi connectivity index (χ1) is 7.60. The van der Waals surface area contributed by atoms with Gasteiger partial charge in [-0.05, 0) is 26.2 Å². The smallest absolute Gasteiger partial charge is 0.220 e. The van der Waals surface area contributed by atoms with Crippen LogP contribution >= 0.6 is 0 Å². The summed E-state index contributed by atoms with van der Waals surface area (Å²) in [5, 5.41) is 12.2. The summed E-state index contributed by atoms with van der Waals surface area (Å²) in [4.78, 5) is 11.6. The van der Waals surface area contributed by atoms with Gasteiger partial charge in [-0.2, -0.15) is 0 Å². The number of nitrogens with one attached hydrogen (secondary N) is 1. The first-order valence-corrected chi connectivity index (χ1v) is 6.57. The molecule has 3 nitrogen and oxygen atoms in total. The molecule has 0 aromatic carbocycles. The van der Waals surface area contributed by atoms with Gasteiger partial charge in [0.1, 0.15) is 0 Å². The van der Waals surface area contributed by atoms with Gasteiger partial charge in [-0.1, -0.05) is 33.1 Å². The standard InChI is InChI=1S/C13H27NO2/c1-4-6-8-12(7-5-2)14-13(16)10-9-11(3)15/h11-12,15H,4-10H2,1-3H3,(H,14,16). The fourth-order valence-electron chi connectivity index (χ4n) is 1.73. The SMILES string of the molecule is CCCCC(CCC)NC(=O)CCC(C)O. The number of aliphatic hydroxyl groups excluding tert-OH is 1. The van der Waals surface area contributed by atoms with Crippen LogP contribution in [0, 0.1) is 0 Å². The lowest BCUT2D eigenvalue weighted by molar-refractivity contribution is -0.122. The van der Waals surface area contributed by atoms with Crippen LogP contribution in [-0.2, 0) is 4.79 Å². The number of unbranched alkanes of at least 4 members (excludes halogenated alkanes) is 1. The van der Waals surface area contributed by atoms with Crippen molar-refractivity contribution >= 4 is 5.91 Å². The van der Waals surface area contributed by atoms with E-state index in [0.29, 0.717) is 18.9 Å². The third kappa shape index (κ3) is 8.72. The van der Waals surface area contributed by atoms with Gasteiger partial charge in [0.2, 0.25) is 5.91 Å². The molecule has 0 bridgehead atoms. The van der Waals surface area contributed by atoms with Crippen molar-refractivity contribution in [2.75, 3.05) is 0 Å². The van der Waals surface area contributed by atoms with E-state index < -0.39 is 0 Å². The number of hydrogen-bond acceptors (Lipinski definition) is 2. The van der Waals surface area contributed by atoms with Crippen molar-refractivity contribution in [3.63, 3.8) is 0 Å². The average Bonchev–Trinajstić information content (AvgIpc) is 2.23. The van der Waals surface area contributed by atoms with E-state index in [4.69, 9.17) is 5.11 Å². The molecule has 0 radical (unpaired) electrons. The van der Waals surface area contributed by atoms with Gasteiger partial charge in [0.05, 0.1) is 6.10 Å². The molecule has 0 aliphatic heterocycles. The number of carbonyl (C=O) groups excluding carboxylic acids is 1. The molecule has 1 amide bonds. The van der Waals surface area contributed by atoms with Crippen LogP contribution in [0.5, 0.6) is 0 Å². The van der Waals surface area contributed by atoms with E-state index >= 15 is 0 Å². The Labute approximate surface area is 99.6 Å². The van der Waals surface area contributed by atoms with Crippen LogP contribution in [0.15, 0.2) is 0 Å². The molecule has 0 heterocycles. The molecule has 0 saturated heterocycles. The van der Waals surface area contributed by atoms with Crippen molar-refractivity contribution in [1.29, 1.82) is 0 Å². The van der Waals surface area contributed by atoms with Gasteiger partial charge < -0.3 is 10.4 Å². The topological polar surface area (TPSA) is 49.3 Å². The van der Waals surface area contributed by atoms with Gasteiger partial charge in [-0.15, -0.1) is 0 Å². The monoisotopic (exact) mass is 229 g/mol. The summed E-state index contributed by atoms with van der Waals surface area (Å²) in [6, 6.07) is 0.325. The Morgan fingerprint density at radius 1 is 1.19 bits per heavy atom. The number of rotatable bonds is 9. The maximum absolute atomic E-state index is 11.6. The summed E-state index contributed by atoms with van der Waals surface area (Å²) in [5.41, 5.74) is 0. The van der Waals surface area contributed by atoms with Crippen LogP contribution < -0.4 is 5.32 Å². The maximum Gasteiger partial charge on any atom is 0.220 e. The molecule has 0 aliphatic carbocycles. The second kappa shape index (κ2) is 9.64. The summed E-state index contributed by atoms with van der Waals surface area (Å²) < 4.78 is 0. The van der Waals surface area contributed by atoms with E-state index in [1.807, 2.05) is 0 Å². The summed E-state index contributed by atoms with van der Waals surface area (Å²) in [7, 11) is 0. The predicted molar refractivity (Wildman–Crippen MR) is 67.3 cm³/mol. The molecule has 0 spiro atoms. The summed E-state index contributed by atoms with van der Waals surface area (Å²) in [5.74, 6) is 0.0791. The van der Waals surface area contributed by atoms with Crippen LogP contribution in [0.25, 0.3) is 0 Å². The second-order valence-corrected chi connectivity index (χ2v) is 4.58. The lowest BCUT2D eigenvalue weighted by Crippen LogP contribution is -2.35. The van der Waals surface area contributed by atoms with Crippen LogP contribution in [0.2, 0.25) is 0 Å². The third-order valence-corrected chi connectivity index (χ3v) is 2.70. The lowest BCUT2D eigenvalue weighted by Gasteiger charge is -2.18. The molecule has 2 atom stereocenters. The highest BCUT2D eigenvalue weighted by Crippen LogP contribution is 2.07. The zero-order chi connectivity index (χ0) is 12.4. The quantitative estimate of drug-likeness (QED) is 0.638. The first-order valence-electron chi connectivity index (χ1n) is 6.57. The van der Waals surface area contributed by atoms with Crippen LogP contribution in [-0.4, -0.2) is 23.2 Å². The first kappa shape index (κ1) is 15.4. The van der Waals surface area contributed by atoms with Gasteiger partial charge in [-0.3, -0.25) is 4.79 Å². The molecule has 3 heteroatoms. The number of amides is 1. The molecule has 0 fully saturated rings. The van der Waals surface area contributed by atoms with Crippen molar-refractivity contribution < 1.29 is 9.90 Å². The molecule has 0 aliphatic rings. The molecule has 0 aromatic rings. The molecule has 96 valence electrons. The van der Waals surface area contributed by atoms with Gasteiger partial charge >= 0.3 is 0 Å². The Balaban J connectivity index is 3.82. The van der Waals surface area contributed by atoms with Gasteiger partial charge in [0.15, 0.2) is 0 Å². The normalized spacial score (nSPS) is 14.5. The van der Waals surface area contributed by atoms with E-state index in [9.17, 15) is 4.79 Å². The summed E-state index contributed by atoms with van der Waals surface area (Å²) in [6.07, 6.45) is 6.18. The van der Waals surface area contributed by atoms with E-state index in [0.717, 1.165) is 19.3 Å². The van der Waals surface area contributed by atoms with E-state index in [2.05, 4.69) is 19.2 Å². The van der Waals surface area contributed by atoms with Gasteiger partial charge in [0, 0.05) is 12.5 Å². The van der Waals surface area contributed by atoms with Gasteiger partial charge in [-0.25, -0.2) is 0 Å². The number of carbonyl (C=O) groups is 1. The Morgan fingerprint density at radius 3 is 2.38 bits per heavy atom. The van der Waals surface area contributed by atoms with Crippen molar-refractivity contribution in [2.45, 2.75) is 77.9 Å². The molecule has 2 unspecified atom stereocenters. The molecule has 0 aromatic heterocycles. The number of aliphatic hydroxyl groups is 1. The highest BCUT2D eigenvalue weighted by atomic mass is 16.3. The minimum Gasteiger partial charge on any atom is -0.393 e. The predicted octanol–water partition coefficient (Wildman–Crippen LogP) is 2.62. The van der Waals surface area contributed by atoms with Crippen LogP contribution in [0.3, 0.4) is 0 Å². The Bertz CT molecular complexity index is 181. The molecular formula is C13H27NO2. The number of hydrogen-bond donors (Lipinski definition) is 2. The highest BCUT2D eigenvalue weighted by Gasteiger charge is 2.11. The molecular weight excluding hydrogens is 202 g/mol. The molecule has 2 N–H and O–H groups in total. The van der Waals surface area contributed by atoms with Crippen molar-refractivity contribution in [1.82, 2.24) is 5.32 Å². The highest BCUT2D eigenvalue weighted by molar-refractivity contribution is 5.76. The molecule has 0 rings (SSSR count).